The third-order valence-electron chi connectivity index (χ3n) is 5.26. The first-order chi connectivity index (χ1) is 11.4. The van der Waals surface area contributed by atoms with E-state index >= 15 is 0 Å². The number of hydrogen-bond donors (Lipinski definition) is 1. The molecule has 0 saturated carbocycles. The SMILES string of the molecule is Cc1ccc(C)c(C(=O)N2CCN(C3(C(N)=O)CCOC3)CC2)c1. The van der Waals surface area contributed by atoms with Gasteiger partial charge in [-0.15, -0.1) is 0 Å². The molecule has 2 aliphatic heterocycles. The molecule has 2 aliphatic rings. The number of hydrogen-bond acceptors (Lipinski definition) is 4. The molecule has 0 spiro atoms. The molecule has 6 nitrogen and oxygen atoms in total. The van der Waals surface area contributed by atoms with Gasteiger partial charge >= 0.3 is 0 Å². The summed E-state index contributed by atoms with van der Waals surface area (Å²) in [5.41, 5.74) is 7.78. The number of carbonyl (C=O) groups is 2. The number of aryl methyl sites for hydroxylation is 2. The molecule has 6 heteroatoms. The Kier molecular flexibility index (Phi) is 4.60. The van der Waals surface area contributed by atoms with Crippen molar-refractivity contribution in [2.75, 3.05) is 39.4 Å². The molecule has 24 heavy (non-hydrogen) atoms. The third kappa shape index (κ3) is 2.91. The Morgan fingerprint density at radius 2 is 1.88 bits per heavy atom. The molecule has 2 fully saturated rings. The summed E-state index contributed by atoms with van der Waals surface area (Å²) in [6.07, 6.45) is 0.632. The summed E-state index contributed by atoms with van der Waals surface area (Å²) >= 11 is 0. The number of benzene rings is 1. The minimum absolute atomic E-state index is 0.0617. The summed E-state index contributed by atoms with van der Waals surface area (Å²) in [6, 6.07) is 5.94. The molecule has 2 N–H and O–H groups in total. The van der Waals surface area contributed by atoms with Gasteiger partial charge in [-0.3, -0.25) is 14.5 Å². The Morgan fingerprint density at radius 1 is 1.17 bits per heavy atom. The van der Waals surface area contributed by atoms with Crippen LogP contribution >= 0.6 is 0 Å². The first-order valence-corrected chi connectivity index (χ1v) is 8.43. The second-order valence-corrected chi connectivity index (χ2v) is 6.80. The van der Waals surface area contributed by atoms with Crippen molar-refractivity contribution < 1.29 is 14.3 Å². The van der Waals surface area contributed by atoms with E-state index in [4.69, 9.17) is 10.5 Å². The van der Waals surface area contributed by atoms with Gasteiger partial charge in [-0.2, -0.15) is 0 Å². The predicted octanol–water partition coefficient (Wildman–Crippen LogP) is 0.706. The normalized spacial score (nSPS) is 25.0. The van der Waals surface area contributed by atoms with Crippen molar-refractivity contribution in [2.24, 2.45) is 5.73 Å². The van der Waals surface area contributed by atoms with Gasteiger partial charge in [-0.05, 0) is 25.5 Å². The van der Waals surface area contributed by atoms with Crippen molar-refractivity contribution in [2.45, 2.75) is 25.8 Å². The van der Waals surface area contributed by atoms with Gasteiger partial charge in [-0.1, -0.05) is 17.7 Å². The topological polar surface area (TPSA) is 75.9 Å². The van der Waals surface area contributed by atoms with Gasteiger partial charge in [-0.25, -0.2) is 0 Å². The van der Waals surface area contributed by atoms with Crippen molar-refractivity contribution in [1.29, 1.82) is 0 Å². The summed E-state index contributed by atoms with van der Waals surface area (Å²) in [5, 5.41) is 0. The molecule has 0 aromatic heterocycles. The fourth-order valence-corrected chi connectivity index (χ4v) is 3.63. The minimum atomic E-state index is -0.700. The van der Waals surface area contributed by atoms with Crippen LogP contribution in [-0.4, -0.2) is 66.5 Å². The van der Waals surface area contributed by atoms with Crippen LogP contribution in [-0.2, 0) is 9.53 Å². The van der Waals surface area contributed by atoms with E-state index < -0.39 is 5.54 Å². The number of nitrogens with two attached hydrogens (primary N) is 1. The van der Waals surface area contributed by atoms with E-state index in [2.05, 4.69) is 4.90 Å². The summed E-state index contributed by atoms with van der Waals surface area (Å²) in [5.74, 6) is -0.263. The highest BCUT2D eigenvalue weighted by atomic mass is 16.5. The average molecular weight is 331 g/mol. The zero-order chi connectivity index (χ0) is 17.3. The fourth-order valence-electron chi connectivity index (χ4n) is 3.63. The lowest BCUT2D eigenvalue weighted by Gasteiger charge is -2.43. The van der Waals surface area contributed by atoms with Crippen LogP contribution in [0.15, 0.2) is 18.2 Å². The zero-order valence-electron chi connectivity index (χ0n) is 14.4. The quantitative estimate of drug-likeness (QED) is 0.885. The van der Waals surface area contributed by atoms with Crippen LogP contribution in [0, 0.1) is 13.8 Å². The molecule has 1 unspecified atom stereocenters. The van der Waals surface area contributed by atoms with Gasteiger partial charge in [0.1, 0.15) is 5.54 Å². The average Bonchev–Trinajstić information content (AvgIpc) is 3.08. The van der Waals surface area contributed by atoms with Crippen LogP contribution in [0.3, 0.4) is 0 Å². The molecule has 0 radical (unpaired) electrons. The van der Waals surface area contributed by atoms with Crippen molar-refractivity contribution in [3.63, 3.8) is 0 Å². The largest absolute Gasteiger partial charge is 0.379 e. The molecule has 2 amide bonds. The Hall–Kier alpha value is -1.92. The van der Waals surface area contributed by atoms with Crippen LogP contribution in [0.2, 0.25) is 0 Å². The number of ether oxygens (including phenoxy) is 1. The summed E-state index contributed by atoms with van der Waals surface area (Å²) in [7, 11) is 0. The first-order valence-electron chi connectivity index (χ1n) is 8.43. The monoisotopic (exact) mass is 331 g/mol. The fraction of sp³-hybridized carbons (Fsp3) is 0.556. The first kappa shape index (κ1) is 16.9. The van der Waals surface area contributed by atoms with Crippen molar-refractivity contribution >= 4 is 11.8 Å². The number of primary amides is 1. The summed E-state index contributed by atoms with van der Waals surface area (Å²) in [4.78, 5) is 28.7. The lowest BCUT2D eigenvalue weighted by Crippen LogP contribution is -2.63. The van der Waals surface area contributed by atoms with Crippen molar-refractivity contribution in [1.82, 2.24) is 9.80 Å². The van der Waals surface area contributed by atoms with E-state index in [0.717, 1.165) is 16.7 Å². The Bertz CT molecular complexity index is 645. The second-order valence-electron chi connectivity index (χ2n) is 6.80. The molecular weight excluding hydrogens is 306 g/mol. The molecule has 2 heterocycles. The zero-order valence-corrected chi connectivity index (χ0v) is 14.4. The predicted molar refractivity (Wildman–Crippen MR) is 90.8 cm³/mol. The molecule has 0 bridgehead atoms. The highest BCUT2D eigenvalue weighted by Gasteiger charge is 2.47. The smallest absolute Gasteiger partial charge is 0.254 e. The molecular formula is C18H25N3O3. The van der Waals surface area contributed by atoms with E-state index in [-0.39, 0.29) is 11.8 Å². The molecule has 1 aromatic carbocycles. The maximum absolute atomic E-state index is 12.8. The van der Waals surface area contributed by atoms with Gasteiger partial charge < -0.3 is 15.4 Å². The number of amides is 2. The van der Waals surface area contributed by atoms with Crippen LogP contribution in [0.25, 0.3) is 0 Å². The van der Waals surface area contributed by atoms with Crippen LogP contribution in [0.4, 0.5) is 0 Å². The molecule has 3 rings (SSSR count). The van der Waals surface area contributed by atoms with Crippen molar-refractivity contribution in [3.05, 3.63) is 34.9 Å². The molecule has 0 aliphatic carbocycles. The van der Waals surface area contributed by atoms with Gasteiger partial charge in [0.2, 0.25) is 5.91 Å². The Balaban J connectivity index is 1.70. The Morgan fingerprint density at radius 3 is 2.46 bits per heavy atom. The number of piperazine rings is 1. The molecule has 1 aromatic rings. The van der Waals surface area contributed by atoms with E-state index in [1.807, 2.05) is 36.9 Å². The van der Waals surface area contributed by atoms with Crippen LogP contribution in [0.5, 0.6) is 0 Å². The van der Waals surface area contributed by atoms with Gasteiger partial charge in [0.05, 0.1) is 6.61 Å². The van der Waals surface area contributed by atoms with E-state index in [1.54, 1.807) is 0 Å². The lowest BCUT2D eigenvalue weighted by molar-refractivity contribution is -0.131. The van der Waals surface area contributed by atoms with Crippen molar-refractivity contribution in [3.8, 4) is 0 Å². The number of rotatable bonds is 3. The molecule has 1 atom stereocenters. The lowest BCUT2D eigenvalue weighted by atomic mass is 9.94. The summed E-state index contributed by atoms with van der Waals surface area (Å²) in [6.45, 7) is 7.35. The summed E-state index contributed by atoms with van der Waals surface area (Å²) < 4.78 is 5.42. The Labute approximate surface area is 142 Å². The van der Waals surface area contributed by atoms with Crippen LogP contribution < -0.4 is 5.73 Å². The molecule has 130 valence electrons. The minimum Gasteiger partial charge on any atom is -0.379 e. The third-order valence-corrected chi connectivity index (χ3v) is 5.26. The maximum atomic E-state index is 12.8. The standard InChI is InChI=1S/C18H25N3O3/c1-13-3-4-14(2)15(11-13)16(22)20-6-8-21(9-7-20)18(17(19)23)5-10-24-12-18/h3-4,11H,5-10,12H2,1-2H3,(H2,19,23). The van der Waals surface area contributed by atoms with E-state index in [0.29, 0.717) is 45.8 Å². The number of carbonyl (C=O) groups excluding carboxylic acids is 2. The van der Waals surface area contributed by atoms with E-state index in [1.165, 1.54) is 0 Å². The van der Waals surface area contributed by atoms with Gasteiger partial charge in [0.25, 0.3) is 5.91 Å². The van der Waals surface area contributed by atoms with Gasteiger partial charge in [0, 0.05) is 44.8 Å². The van der Waals surface area contributed by atoms with E-state index in [9.17, 15) is 9.59 Å². The molecule has 2 saturated heterocycles. The van der Waals surface area contributed by atoms with Gasteiger partial charge in [0.15, 0.2) is 0 Å². The maximum Gasteiger partial charge on any atom is 0.254 e. The van der Waals surface area contributed by atoms with Crippen LogP contribution in [0.1, 0.15) is 27.9 Å². The highest BCUT2D eigenvalue weighted by Crippen LogP contribution is 2.27. The second kappa shape index (κ2) is 6.53. The number of nitrogens with zero attached hydrogens (tertiary/aromatic N) is 2. The highest BCUT2D eigenvalue weighted by molar-refractivity contribution is 5.96.